The first-order chi connectivity index (χ1) is 16.1. The second-order valence-electron chi connectivity index (χ2n) is 9.04. The van der Waals surface area contributed by atoms with E-state index in [-0.39, 0.29) is 5.97 Å². The van der Waals surface area contributed by atoms with Gasteiger partial charge in [-0.25, -0.2) is 4.79 Å². The molecule has 0 fully saturated rings. The minimum absolute atomic E-state index is 0.290. The third-order valence-corrected chi connectivity index (χ3v) is 7.12. The molecule has 170 valence electrons. The minimum atomic E-state index is -0.290. The van der Waals surface area contributed by atoms with Crippen molar-refractivity contribution in [1.82, 2.24) is 4.98 Å². The lowest BCUT2D eigenvalue weighted by Gasteiger charge is -2.28. The average molecular weight is 443 g/mol. The Morgan fingerprint density at radius 2 is 1.88 bits per heavy atom. The fourth-order valence-electron chi connectivity index (χ4n) is 5.19. The molecule has 2 aromatic carbocycles. The van der Waals surface area contributed by atoms with Crippen molar-refractivity contribution in [3.05, 3.63) is 88.2 Å². The van der Waals surface area contributed by atoms with Gasteiger partial charge in [-0.05, 0) is 96.2 Å². The van der Waals surface area contributed by atoms with Gasteiger partial charge in [-0.2, -0.15) is 0 Å². The van der Waals surface area contributed by atoms with E-state index < -0.39 is 0 Å². The molecule has 2 heterocycles. The van der Waals surface area contributed by atoms with Gasteiger partial charge in [0, 0.05) is 30.8 Å². The molecule has 1 atom stereocenters. The van der Waals surface area contributed by atoms with E-state index in [1.165, 1.54) is 53.6 Å². The van der Waals surface area contributed by atoms with Crippen LogP contribution in [0.4, 0.5) is 11.4 Å². The van der Waals surface area contributed by atoms with Gasteiger partial charge >= 0.3 is 5.97 Å². The minimum Gasteiger partial charge on any atom is -0.465 e. The van der Waals surface area contributed by atoms with Gasteiger partial charge in [-0.3, -0.25) is 4.98 Å². The number of fused-ring (bicyclic) bond motifs is 2. The maximum absolute atomic E-state index is 12.1. The second-order valence-corrected chi connectivity index (χ2v) is 9.04. The molecule has 1 aliphatic heterocycles. The predicted octanol–water partition coefficient (Wildman–Crippen LogP) is 5.72. The third kappa shape index (κ3) is 4.38. The van der Waals surface area contributed by atoms with Crippen LogP contribution >= 0.6 is 0 Å². The van der Waals surface area contributed by atoms with E-state index in [0.29, 0.717) is 18.1 Å². The van der Waals surface area contributed by atoms with Crippen molar-refractivity contribution in [2.45, 2.75) is 51.2 Å². The van der Waals surface area contributed by atoms with E-state index in [2.05, 4.69) is 53.3 Å². The molecule has 2 aliphatic rings. The van der Waals surface area contributed by atoms with Crippen molar-refractivity contribution in [2.24, 2.45) is 0 Å². The van der Waals surface area contributed by atoms with Crippen molar-refractivity contribution < 1.29 is 14.3 Å². The number of anilines is 2. The van der Waals surface area contributed by atoms with Gasteiger partial charge in [0.15, 0.2) is 0 Å². The van der Waals surface area contributed by atoms with Crippen molar-refractivity contribution >= 4 is 17.3 Å². The van der Waals surface area contributed by atoms with Crippen LogP contribution in [0.25, 0.3) is 0 Å². The molecule has 5 heteroatoms. The molecule has 0 amide bonds. The second kappa shape index (κ2) is 9.36. The highest BCUT2D eigenvalue weighted by atomic mass is 16.5. The van der Waals surface area contributed by atoms with Gasteiger partial charge in [-0.15, -0.1) is 0 Å². The maximum atomic E-state index is 12.1. The molecule has 0 saturated carbocycles. The Kier molecular flexibility index (Phi) is 6.14. The molecule has 1 aromatic heterocycles. The Hall–Kier alpha value is -3.18. The molecular formula is C28H30N2O3. The van der Waals surface area contributed by atoms with E-state index in [9.17, 15) is 4.79 Å². The number of methoxy groups -OCH3 is 1. The van der Waals surface area contributed by atoms with E-state index in [1.54, 1.807) is 18.5 Å². The molecule has 0 bridgehead atoms. The largest absolute Gasteiger partial charge is 0.465 e. The van der Waals surface area contributed by atoms with Crippen molar-refractivity contribution in [3.8, 4) is 0 Å². The summed E-state index contributed by atoms with van der Waals surface area (Å²) in [6.07, 6.45) is 8.77. The molecule has 1 aliphatic carbocycles. The summed E-state index contributed by atoms with van der Waals surface area (Å²) in [5.74, 6) is 0.207. The Balaban J connectivity index is 1.33. The number of carbonyl (C=O) groups excluding carboxylic acids is 1. The van der Waals surface area contributed by atoms with Gasteiger partial charge < -0.3 is 14.4 Å². The summed E-state index contributed by atoms with van der Waals surface area (Å²) in [4.78, 5) is 18.6. The standard InChI is InChI=1S/C28H30N2O3/c1-30(24-9-8-22-17-33-18-23(22)15-24)25-10-11-26-19(4-3-5-20(26)14-25)6-7-21-16-29-13-12-27(21)28(31)32-2/h8-16,19H,3-7,17-18H2,1-2H3/t19-/m0/s1. The summed E-state index contributed by atoms with van der Waals surface area (Å²) in [6.45, 7) is 1.43. The van der Waals surface area contributed by atoms with Crippen LogP contribution in [-0.2, 0) is 35.5 Å². The fraction of sp³-hybridized carbons (Fsp3) is 0.357. The third-order valence-electron chi connectivity index (χ3n) is 7.12. The van der Waals surface area contributed by atoms with Gasteiger partial charge in [0.25, 0.3) is 0 Å². The van der Waals surface area contributed by atoms with Crippen molar-refractivity contribution in [2.75, 3.05) is 19.1 Å². The van der Waals surface area contributed by atoms with E-state index in [0.717, 1.165) is 31.4 Å². The zero-order valence-corrected chi connectivity index (χ0v) is 19.3. The summed E-state index contributed by atoms with van der Waals surface area (Å²) in [6, 6.07) is 15.3. The smallest absolute Gasteiger partial charge is 0.338 e. The van der Waals surface area contributed by atoms with Crippen LogP contribution in [0.15, 0.2) is 54.9 Å². The molecule has 0 N–H and O–H groups in total. The number of carbonyl (C=O) groups is 1. The first kappa shape index (κ1) is 21.7. The summed E-state index contributed by atoms with van der Waals surface area (Å²) >= 11 is 0. The number of esters is 1. The number of pyridine rings is 1. The molecule has 33 heavy (non-hydrogen) atoms. The monoisotopic (exact) mass is 442 g/mol. The van der Waals surface area contributed by atoms with E-state index >= 15 is 0 Å². The van der Waals surface area contributed by atoms with E-state index in [4.69, 9.17) is 9.47 Å². The van der Waals surface area contributed by atoms with Crippen molar-refractivity contribution in [1.29, 1.82) is 0 Å². The van der Waals surface area contributed by atoms with Gasteiger partial charge in [0.2, 0.25) is 0 Å². The number of ether oxygens (including phenoxy) is 2. The number of nitrogens with zero attached hydrogens (tertiary/aromatic N) is 2. The summed E-state index contributed by atoms with van der Waals surface area (Å²) < 4.78 is 10.5. The summed E-state index contributed by atoms with van der Waals surface area (Å²) in [5.41, 5.74) is 9.48. The normalized spacial score (nSPS) is 16.7. The Bertz CT molecular complexity index is 1170. The zero-order chi connectivity index (χ0) is 22.8. The van der Waals surface area contributed by atoms with E-state index in [1.807, 2.05) is 0 Å². The highest BCUT2D eigenvalue weighted by Crippen LogP contribution is 2.38. The van der Waals surface area contributed by atoms with Gasteiger partial charge in [-0.1, -0.05) is 12.1 Å². The molecule has 3 aromatic rings. The van der Waals surface area contributed by atoms with Crippen LogP contribution in [0.1, 0.15) is 63.4 Å². The summed E-state index contributed by atoms with van der Waals surface area (Å²) in [5, 5.41) is 0. The topological polar surface area (TPSA) is 51.7 Å². The Morgan fingerprint density at radius 3 is 2.73 bits per heavy atom. The Labute approximate surface area is 195 Å². The number of hydrogen-bond donors (Lipinski definition) is 0. The fourth-order valence-corrected chi connectivity index (χ4v) is 5.19. The van der Waals surface area contributed by atoms with Crippen LogP contribution in [0.5, 0.6) is 0 Å². The maximum Gasteiger partial charge on any atom is 0.338 e. The molecule has 5 nitrogen and oxygen atoms in total. The predicted molar refractivity (Wildman–Crippen MR) is 129 cm³/mol. The molecule has 0 saturated heterocycles. The molecule has 5 rings (SSSR count). The van der Waals surface area contributed by atoms with Crippen LogP contribution < -0.4 is 4.90 Å². The lowest BCUT2D eigenvalue weighted by molar-refractivity contribution is 0.0599. The first-order valence-corrected chi connectivity index (χ1v) is 11.7. The van der Waals surface area contributed by atoms with Crippen LogP contribution in [-0.4, -0.2) is 25.1 Å². The Morgan fingerprint density at radius 1 is 1.09 bits per heavy atom. The first-order valence-electron chi connectivity index (χ1n) is 11.7. The van der Waals surface area contributed by atoms with Crippen LogP contribution in [0.3, 0.4) is 0 Å². The summed E-state index contributed by atoms with van der Waals surface area (Å²) in [7, 11) is 3.56. The van der Waals surface area contributed by atoms with Gasteiger partial charge in [0.05, 0.1) is 25.9 Å². The lowest BCUT2D eigenvalue weighted by Crippen LogP contribution is -2.15. The highest BCUT2D eigenvalue weighted by Gasteiger charge is 2.22. The number of aryl methyl sites for hydroxylation is 2. The van der Waals surface area contributed by atoms with Crippen LogP contribution in [0, 0.1) is 0 Å². The highest BCUT2D eigenvalue weighted by molar-refractivity contribution is 5.90. The average Bonchev–Trinajstić information content (AvgIpc) is 3.34. The van der Waals surface area contributed by atoms with Crippen LogP contribution in [0.2, 0.25) is 0 Å². The number of hydrogen-bond acceptors (Lipinski definition) is 5. The van der Waals surface area contributed by atoms with Gasteiger partial charge in [0.1, 0.15) is 0 Å². The number of benzene rings is 2. The number of aromatic nitrogens is 1. The molecular weight excluding hydrogens is 412 g/mol. The quantitative estimate of drug-likeness (QED) is 0.457. The number of rotatable bonds is 6. The molecule has 0 spiro atoms. The molecule has 0 unspecified atom stereocenters. The lowest BCUT2D eigenvalue weighted by atomic mass is 9.79. The molecule has 0 radical (unpaired) electrons. The zero-order valence-electron chi connectivity index (χ0n) is 19.3. The van der Waals surface area contributed by atoms with Crippen molar-refractivity contribution in [3.63, 3.8) is 0 Å². The SMILES string of the molecule is COC(=O)c1ccncc1CC[C@@H]1CCCc2cc(N(C)c3ccc4c(c3)COC4)ccc21.